The summed E-state index contributed by atoms with van der Waals surface area (Å²) in [6.07, 6.45) is 1.03. The van der Waals surface area contributed by atoms with E-state index in [2.05, 4.69) is 11.9 Å². The zero-order valence-corrected chi connectivity index (χ0v) is 25.8. The predicted octanol–water partition coefficient (Wildman–Crippen LogP) is 8.11. The van der Waals surface area contributed by atoms with Crippen LogP contribution in [-0.4, -0.2) is 33.4 Å². The van der Waals surface area contributed by atoms with Crippen LogP contribution in [0, 0.1) is 5.82 Å². The number of fused-ring (bicyclic) bond motifs is 1. The summed E-state index contributed by atoms with van der Waals surface area (Å²) >= 11 is 1.45. The van der Waals surface area contributed by atoms with Gasteiger partial charge in [-0.15, -0.1) is 0 Å². The zero-order chi connectivity index (χ0) is 32.0. The van der Waals surface area contributed by atoms with Crippen LogP contribution in [0.4, 0.5) is 17.6 Å². The maximum absolute atomic E-state index is 13.2. The van der Waals surface area contributed by atoms with Gasteiger partial charge in [0.15, 0.2) is 5.16 Å². The Bertz CT molecular complexity index is 1660. The smallest absolute Gasteiger partial charge is 0.341 e. The Morgan fingerprint density at radius 1 is 0.911 bits per heavy atom. The molecule has 1 amide bonds. The van der Waals surface area contributed by atoms with Crippen LogP contribution in [0.15, 0.2) is 88.8 Å². The molecule has 1 aliphatic heterocycles. The van der Waals surface area contributed by atoms with E-state index in [1.807, 2.05) is 39.8 Å². The van der Waals surface area contributed by atoms with Crippen molar-refractivity contribution in [1.82, 2.24) is 14.5 Å². The Morgan fingerprint density at radius 3 is 2.27 bits per heavy atom. The van der Waals surface area contributed by atoms with Gasteiger partial charge in [-0.2, -0.15) is 18.2 Å². The Balaban J connectivity index is 0.000000211. The maximum Gasteiger partial charge on any atom is 0.416 e. The largest absolute Gasteiger partial charge is 0.416 e. The maximum atomic E-state index is 13.2. The number of carbonyl (C=O) groups is 1. The second-order valence-corrected chi connectivity index (χ2v) is 12.1. The van der Waals surface area contributed by atoms with E-state index in [0.29, 0.717) is 10.9 Å². The highest BCUT2D eigenvalue weighted by Crippen LogP contribution is 2.34. The number of thioether (sulfide) groups is 1. The summed E-state index contributed by atoms with van der Waals surface area (Å²) in [6.45, 7) is 3.67. The van der Waals surface area contributed by atoms with Crippen molar-refractivity contribution in [3.8, 4) is 11.1 Å². The van der Waals surface area contributed by atoms with E-state index in [0.717, 1.165) is 91.7 Å². The van der Waals surface area contributed by atoms with Gasteiger partial charge in [0, 0.05) is 30.1 Å². The van der Waals surface area contributed by atoms with Crippen molar-refractivity contribution >= 4 is 17.7 Å². The molecule has 1 aliphatic carbocycles. The van der Waals surface area contributed by atoms with Gasteiger partial charge in [0.05, 0.1) is 5.56 Å². The summed E-state index contributed by atoms with van der Waals surface area (Å²) in [5.41, 5.74) is 3.64. The first kappa shape index (κ1) is 32.5. The summed E-state index contributed by atoms with van der Waals surface area (Å²) in [6, 6.07) is 20.6. The number of alkyl halides is 3. The van der Waals surface area contributed by atoms with Crippen molar-refractivity contribution < 1.29 is 22.4 Å². The number of amides is 1. The average molecular weight is 638 g/mol. The number of hydrogen-bond acceptors (Lipinski definition) is 4. The van der Waals surface area contributed by atoms with Crippen molar-refractivity contribution in [2.45, 2.75) is 68.6 Å². The van der Waals surface area contributed by atoms with Crippen LogP contribution in [-0.2, 0) is 29.6 Å². The topological polar surface area (TPSA) is 55.2 Å². The Labute approximate surface area is 264 Å². The van der Waals surface area contributed by atoms with Crippen LogP contribution in [0.25, 0.3) is 11.1 Å². The molecule has 236 valence electrons. The number of nitrogens with zero attached hydrogens (tertiary/aromatic N) is 3. The molecular formula is C35H35F4N3O2S. The fourth-order valence-corrected chi connectivity index (χ4v) is 6.73. The van der Waals surface area contributed by atoms with E-state index in [4.69, 9.17) is 0 Å². The van der Waals surface area contributed by atoms with E-state index < -0.39 is 11.7 Å². The molecule has 2 heterocycles. The summed E-state index contributed by atoms with van der Waals surface area (Å²) in [4.78, 5) is 32.0. The standard InChI is InChI=1S/C22H26FN3O2S.C13H9F3/c1-2-3-12-25-13-11-19(21(25)28)26-18-6-4-5-17(18)20(27)24-22(26)29-14-15-7-9-16(23)10-8-15;14-13(15,16)12-8-6-11(7-9-12)10-4-2-1-3-5-10/h7-10,19H,2-6,11-14H2,1H3;1-9H. The van der Waals surface area contributed by atoms with E-state index in [-0.39, 0.29) is 23.3 Å². The number of rotatable bonds is 8. The molecule has 0 radical (unpaired) electrons. The Morgan fingerprint density at radius 2 is 1.60 bits per heavy atom. The first-order chi connectivity index (χ1) is 21.7. The van der Waals surface area contributed by atoms with Crippen LogP contribution in [0.5, 0.6) is 0 Å². The summed E-state index contributed by atoms with van der Waals surface area (Å²) in [5.74, 6) is 0.447. The minimum atomic E-state index is -4.27. The van der Waals surface area contributed by atoms with Crippen molar-refractivity contribution in [1.29, 1.82) is 0 Å². The lowest BCUT2D eigenvalue weighted by Gasteiger charge is -2.22. The normalized spacial score (nSPS) is 16.0. The number of hydrogen-bond donors (Lipinski definition) is 0. The highest BCUT2D eigenvalue weighted by atomic mass is 32.2. The molecule has 1 unspecified atom stereocenters. The van der Waals surface area contributed by atoms with E-state index in [9.17, 15) is 27.2 Å². The van der Waals surface area contributed by atoms with Gasteiger partial charge in [0.1, 0.15) is 11.9 Å². The van der Waals surface area contributed by atoms with Gasteiger partial charge in [-0.25, -0.2) is 4.39 Å². The molecule has 0 saturated carbocycles. The molecule has 0 N–H and O–H groups in total. The lowest BCUT2D eigenvalue weighted by Crippen LogP contribution is -2.32. The van der Waals surface area contributed by atoms with Crippen LogP contribution >= 0.6 is 11.8 Å². The molecule has 2 aliphatic rings. The molecule has 10 heteroatoms. The second-order valence-electron chi connectivity index (χ2n) is 11.2. The number of likely N-dealkylation sites (tertiary alicyclic amines) is 1. The third-order valence-corrected chi connectivity index (χ3v) is 9.13. The van der Waals surface area contributed by atoms with Crippen LogP contribution in [0.2, 0.25) is 0 Å². The number of aromatic nitrogens is 2. The summed E-state index contributed by atoms with van der Waals surface area (Å²) in [5, 5.41) is 0.607. The van der Waals surface area contributed by atoms with Crippen LogP contribution in [0.1, 0.15) is 61.0 Å². The number of benzene rings is 3. The molecule has 1 saturated heterocycles. The first-order valence-corrected chi connectivity index (χ1v) is 16.2. The number of halogens is 4. The third-order valence-electron chi connectivity index (χ3n) is 8.10. The number of carbonyl (C=O) groups excluding carboxylic acids is 1. The van der Waals surface area contributed by atoms with Crippen molar-refractivity contribution in [2.75, 3.05) is 13.1 Å². The Hall–Kier alpha value is -3.92. The van der Waals surface area contributed by atoms with Crippen molar-refractivity contribution in [2.24, 2.45) is 0 Å². The predicted molar refractivity (Wildman–Crippen MR) is 169 cm³/mol. The third kappa shape index (κ3) is 7.84. The van der Waals surface area contributed by atoms with Gasteiger partial charge in [-0.1, -0.05) is 79.7 Å². The molecule has 0 bridgehead atoms. The van der Waals surface area contributed by atoms with Gasteiger partial charge >= 0.3 is 6.18 Å². The lowest BCUT2D eigenvalue weighted by atomic mass is 10.0. The van der Waals surface area contributed by atoms with E-state index in [1.165, 1.54) is 36.0 Å². The molecule has 1 fully saturated rings. The second kappa shape index (κ2) is 14.5. The molecule has 1 aromatic heterocycles. The van der Waals surface area contributed by atoms with Crippen LogP contribution in [0.3, 0.4) is 0 Å². The zero-order valence-electron chi connectivity index (χ0n) is 25.0. The van der Waals surface area contributed by atoms with Gasteiger partial charge in [0.25, 0.3) is 5.56 Å². The monoisotopic (exact) mass is 637 g/mol. The molecule has 3 aromatic carbocycles. The fourth-order valence-electron chi connectivity index (χ4n) is 5.71. The summed E-state index contributed by atoms with van der Waals surface area (Å²) < 4.78 is 52.2. The van der Waals surface area contributed by atoms with E-state index in [1.54, 1.807) is 12.1 Å². The highest BCUT2D eigenvalue weighted by molar-refractivity contribution is 7.98. The van der Waals surface area contributed by atoms with Crippen molar-refractivity contribution in [3.63, 3.8) is 0 Å². The molecular weight excluding hydrogens is 602 g/mol. The molecule has 45 heavy (non-hydrogen) atoms. The lowest BCUT2D eigenvalue weighted by molar-refractivity contribution is -0.137. The van der Waals surface area contributed by atoms with Gasteiger partial charge in [0.2, 0.25) is 5.91 Å². The molecule has 1 atom stereocenters. The minimum absolute atomic E-state index is 0.140. The summed E-state index contributed by atoms with van der Waals surface area (Å²) in [7, 11) is 0. The van der Waals surface area contributed by atoms with Gasteiger partial charge in [-0.3, -0.25) is 9.59 Å². The Kier molecular flexibility index (Phi) is 10.4. The fraction of sp³-hybridized carbons (Fsp3) is 0.343. The molecule has 0 spiro atoms. The first-order valence-electron chi connectivity index (χ1n) is 15.2. The SMILES string of the molecule is CCCCN1CCC(n2c(SCc3ccc(F)cc3)nc(=O)c3c2CCC3)C1=O.FC(F)(F)c1ccc(-c2ccccc2)cc1. The van der Waals surface area contributed by atoms with Gasteiger partial charge < -0.3 is 9.47 Å². The quantitative estimate of drug-likeness (QED) is 0.111. The van der Waals surface area contributed by atoms with E-state index >= 15 is 0 Å². The highest BCUT2D eigenvalue weighted by Gasteiger charge is 2.36. The molecule has 4 aromatic rings. The molecule has 5 nitrogen and oxygen atoms in total. The van der Waals surface area contributed by atoms with Crippen LogP contribution < -0.4 is 5.56 Å². The van der Waals surface area contributed by atoms with Crippen molar-refractivity contribution in [3.05, 3.63) is 117 Å². The number of unbranched alkanes of at least 4 members (excludes halogenated alkanes) is 1. The molecule has 6 rings (SSSR count). The van der Waals surface area contributed by atoms with Gasteiger partial charge in [-0.05, 0) is 73.1 Å². The minimum Gasteiger partial charge on any atom is -0.341 e. The average Bonchev–Trinajstić information content (AvgIpc) is 3.68.